The van der Waals surface area contributed by atoms with Gasteiger partial charge in [0.05, 0.1) is 6.04 Å². The molecule has 36 heavy (non-hydrogen) atoms. The van der Waals surface area contributed by atoms with Crippen molar-refractivity contribution in [3.8, 4) is 0 Å². The van der Waals surface area contributed by atoms with Crippen LogP contribution in [0, 0.1) is 0 Å². The van der Waals surface area contributed by atoms with Gasteiger partial charge in [-0.2, -0.15) is 0 Å². The van der Waals surface area contributed by atoms with Crippen LogP contribution < -0.4 is 0 Å². The lowest BCUT2D eigenvalue weighted by atomic mass is 9.86. The van der Waals surface area contributed by atoms with Crippen LogP contribution in [-0.2, 0) is 16.6 Å². The fourth-order valence-corrected chi connectivity index (χ4v) is 5.78. The average molecular weight is 523 g/mol. The first kappa shape index (κ1) is 26.4. The Morgan fingerprint density at radius 1 is 1.08 bits per heavy atom. The van der Waals surface area contributed by atoms with E-state index >= 15 is 0 Å². The molecule has 190 valence electrons. The van der Waals surface area contributed by atoms with Crippen LogP contribution in [-0.4, -0.2) is 40.7 Å². The summed E-state index contributed by atoms with van der Waals surface area (Å²) in [6.07, 6.45) is 1.60. The lowest BCUT2D eigenvalue weighted by Crippen LogP contribution is -2.49. The Hall–Kier alpha value is -2.63. The molecule has 2 heterocycles. The van der Waals surface area contributed by atoms with Crippen molar-refractivity contribution < 1.29 is 9.59 Å². The van der Waals surface area contributed by atoms with Gasteiger partial charge in [0.2, 0.25) is 5.91 Å². The fraction of sp³-hybridized carbons (Fsp3) is 0.400. The van der Waals surface area contributed by atoms with Gasteiger partial charge in [0.1, 0.15) is 6.54 Å². The lowest BCUT2D eigenvalue weighted by Gasteiger charge is -2.38. The van der Waals surface area contributed by atoms with Crippen molar-refractivity contribution in [2.24, 2.45) is 0 Å². The summed E-state index contributed by atoms with van der Waals surface area (Å²) in [6.45, 7) is 11.2. The van der Waals surface area contributed by atoms with Crippen LogP contribution in [0.5, 0.6) is 0 Å². The molecule has 1 aliphatic rings. The molecule has 0 radical (unpaired) electrons. The topological polar surface area (TPSA) is 40.6 Å². The van der Waals surface area contributed by atoms with E-state index in [0.717, 1.165) is 18.4 Å². The molecule has 0 spiro atoms. The van der Waals surface area contributed by atoms with E-state index in [2.05, 4.69) is 32.2 Å². The van der Waals surface area contributed by atoms with Crippen molar-refractivity contribution in [3.63, 3.8) is 0 Å². The molecule has 0 aliphatic carbocycles. The highest BCUT2D eigenvalue weighted by Gasteiger charge is 2.35. The van der Waals surface area contributed by atoms with E-state index in [-0.39, 0.29) is 35.9 Å². The molecule has 6 heteroatoms. The van der Waals surface area contributed by atoms with E-state index in [1.54, 1.807) is 16.2 Å². The highest BCUT2D eigenvalue weighted by atomic mass is 35.5. The zero-order valence-corrected chi connectivity index (χ0v) is 23.3. The molecular formula is C30H35ClN2O2S. The Morgan fingerprint density at radius 3 is 2.36 bits per heavy atom. The van der Waals surface area contributed by atoms with Gasteiger partial charge in [-0.25, -0.2) is 0 Å². The molecule has 2 amide bonds. The summed E-state index contributed by atoms with van der Waals surface area (Å²) in [4.78, 5) is 32.4. The maximum absolute atomic E-state index is 13.8. The Labute approximate surface area is 223 Å². The normalized spacial score (nSPS) is 16.4. The Kier molecular flexibility index (Phi) is 7.91. The molecule has 0 saturated heterocycles. The smallest absolute Gasteiger partial charge is 0.254 e. The molecule has 4 rings (SSSR count). The number of halogens is 1. The van der Waals surface area contributed by atoms with Crippen molar-refractivity contribution >= 4 is 34.8 Å². The van der Waals surface area contributed by atoms with Crippen molar-refractivity contribution in [1.82, 2.24) is 9.80 Å². The number of nitrogens with zero attached hydrogens (tertiary/aromatic N) is 2. The minimum Gasteiger partial charge on any atom is -0.330 e. The van der Waals surface area contributed by atoms with Gasteiger partial charge in [-0.05, 0) is 77.6 Å². The Bertz CT molecular complexity index is 1210. The zero-order valence-electron chi connectivity index (χ0n) is 21.8. The third kappa shape index (κ3) is 5.52. The second-order valence-corrected chi connectivity index (χ2v) is 12.0. The van der Waals surface area contributed by atoms with Crippen LogP contribution in [0.25, 0.3) is 0 Å². The molecule has 0 unspecified atom stereocenters. The molecule has 1 aliphatic heterocycles. The van der Waals surface area contributed by atoms with Gasteiger partial charge >= 0.3 is 0 Å². The summed E-state index contributed by atoms with van der Waals surface area (Å²) < 4.78 is 0. The second kappa shape index (κ2) is 10.8. The predicted molar refractivity (Wildman–Crippen MR) is 149 cm³/mol. The monoisotopic (exact) mass is 522 g/mol. The van der Waals surface area contributed by atoms with Crippen LogP contribution in [0.1, 0.15) is 79.0 Å². The highest BCUT2D eigenvalue weighted by molar-refractivity contribution is 7.10. The SMILES string of the molecule is CC[C@H](C)N(CC(=O)N1CCc2sccc2[C@@H]1c1ccc(Cl)cc1)C(=O)c1ccc(C(C)(C)C)cc1. The van der Waals surface area contributed by atoms with Gasteiger partial charge in [-0.1, -0.05) is 63.6 Å². The number of hydrogen-bond acceptors (Lipinski definition) is 3. The number of amides is 2. The Morgan fingerprint density at radius 2 is 1.75 bits per heavy atom. The maximum Gasteiger partial charge on any atom is 0.254 e. The van der Waals surface area contributed by atoms with E-state index < -0.39 is 0 Å². The predicted octanol–water partition coefficient (Wildman–Crippen LogP) is 7.11. The number of carbonyl (C=O) groups is 2. The second-order valence-electron chi connectivity index (χ2n) is 10.6. The maximum atomic E-state index is 13.8. The lowest BCUT2D eigenvalue weighted by molar-refractivity contribution is -0.134. The quantitative estimate of drug-likeness (QED) is 0.346. The number of fused-ring (bicyclic) bond motifs is 1. The van der Waals surface area contributed by atoms with Gasteiger partial charge < -0.3 is 9.80 Å². The van der Waals surface area contributed by atoms with Gasteiger partial charge in [0.15, 0.2) is 0 Å². The van der Waals surface area contributed by atoms with Crippen molar-refractivity contribution in [1.29, 1.82) is 0 Å². The number of hydrogen-bond donors (Lipinski definition) is 0. The number of rotatable bonds is 6. The molecule has 0 bridgehead atoms. The molecule has 2 aromatic carbocycles. The first-order valence-corrected chi connectivity index (χ1v) is 13.9. The Balaban J connectivity index is 1.61. The summed E-state index contributed by atoms with van der Waals surface area (Å²) in [5, 5.41) is 2.77. The molecule has 3 aromatic rings. The first-order chi connectivity index (χ1) is 17.1. The molecule has 0 N–H and O–H groups in total. The van der Waals surface area contributed by atoms with E-state index in [4.69, 9.17) is 11.6 Å². The van der Waals surface area contributed by atoms with Crippen LogP contribution in [0.15, 0.2) is 60.0 Å². The molecule has 4 nitrogen and oxygen atoms in total. The largest absolute Gasteiger partial charge is 0.330 e. The van der Waals surface area contributed by atoms with Crippen LogP contribution in [0.2, 0.25) is 5.02 Å². The minimum atomic E-state index is -0.176. The molecule has 0 fully saturated rings. The summed E-state index contributed by atoms with van der Waals surface area (Å²) in [7, 11) is 0. The number of thiophene rings is 1. The number of carbonyl (C=O) groups excluding carboxylic acids is 2. The zero-order chi connectivity index (χ0) is 26.0. The fourth-order valence-electron chi connectivity index (χ4n) is 4.75. The van der Waals surface area contributed by atoms with E-state index in [1.807, 2.05) is 67.3 Å². The van der Waals surface area contributed by atoms with Crippen LogP contribution in [0.3, 0.4) is 0 Å². The minimum absolute atomic E-state index is 0.0133. The molecular weight excluding hydrogens is 488 g/mol. The summed E-state index contributed by atoms with van der Waals surface area (Å²) in [6, 6.07) is 17.4. The molecule has 0 saturated carbocycles. The third-order valence-corrected chi connectivity index (χ3v) is 8.41. The standard InChI is InChI=1S/C30H35ClN2O2S/c1-6-20(2)33(29(35)22-7-11-23(12-8-22)30(3,4)5)19-27(34)32-17-15-26-25(16-18-36-26)28(32)21-9-13-24(31)14-10-21/h7-14,16,18,20,28H,6,15,17,19H2,1-5H3/t20-,28-/m0/s1. The van der Waals surface area contributed by atoms with Gasteiger partial charge in [-0.3, -0.25) is 9.59 Å². The first-order valence-electron chi connectivity index (χ1n) is 12.6. The van der Waals surface area contributed by atoms with E-state index in [9.17, 15) is 9.59 Å². The number of benzene rings is 2. The third-order valence-electron chi connectivity index (χ3n) is 7.16. The molecule has 1 aromatic heterocycles. The summed E-state index contributed by atoms with van der Waals surface area (Å²) >= 11 is 7.89. The molecule has 2 atom stereocenters. The summed E-state index contributed by atoms with van der Waals surface area (Å²) in [5.41, 5.74) is 4.01. The van der Waals surface area contributed by atoms with Crippen LogP contribution in [0.4, 0.5) is 0 Å². The van der Waals surface area contributed by atoms with Gasteiger partial charge in [0.25, 0.3) is 5.91 Å². The van der Waals surface area contributed by atoms with Crippen molar-refractivity contribution in [2.75, 3.05) is 13.1 Å². The van der Waals surface area contributed by atoms with Gasteiger partial charge in [-0.15, -0.1) is 11.3 Å². The van der Waals surface area contributed by atoms with E-state index in [1.165, 1.54) is 16.0 Å². The highest BCUT2D eigenvalue weighted by Crippen LogP contribution is 2.38. The average Bonchev–Trinajstić information content (AvgIpc) is 3.35. The summed E-state index contributed by atoms with van der Waals surface area (Å²) in [5.74, 6) is -0.138. The van der Waals surface area contributed by atoms with Gasteiger partial charge in [0, 0.05) is 28.0 Å². The van der Waals surface area contributed by atoms with E-state index in [0.29, 0.717) is 17.1 Å². The van der Waals surface area contributed by atoms with Crippen molar-refractivity contribution in [3.05, 3.63) is 92.1 Å². The van der Waals surface area contributed by atoms with Crippen LogP contribution >= 0.6 is 22.9 Å². The van der Waals surface area contributed by atoms with Crippen molar-refractivity contribution in [2.45, 2.75) is 65.0 Å².